The third kappa shape index (κ3) is 2.59. The number of rotatable bonds is 4. The molecule has 6 nitrogen and oxygen atoms in total. The van der Waals surface area contributed by atoms with E-state index in [0.29, 0.717) is 12.6 Å². The van der Waals surface area contributed by atoms with Crippen LogP contribution >= 0.6 is 0 Å². The van der Waals surface area contributed by atoms with Gasteiger partial charge in [-0.05, 0) is 6.42 Å². The van der Waals surface area contributed by atoms with Gasteiger partial charge in [0.25, 0.3) is 5.89 Å². The van der Waals surface area contributed by atoms with E-state index in [0.717, 1.165) is 13.0 Å². The summed E-state index contributed by atoms with van der Waals surface area (Å²) in [4.78, 5) is 15.4. The summed E-state index contributed by atoms with van der Waals surface area (Å²) >= 11 is 0. The first kappa shape index (κ1) is 11.1. The summed E-state index contributed by atoms with van der Waals surface area (Å²) in [6, 6.07) is 0.416. The molecule has 1 aromatic heterocycles. The van der Waals surface area contributed by atoms with Crippen LogP contribution in [0.1, 0.15) is 17.1 Å². The van der Waals surface area contributed by atoms with Gasteiger partial charge in [0.15, 0.2) is 0 Å². The van der Waals surface area contributed by atoms with Crippen LogP contribution in [0, 0.1) is 0 Å². The normalized spacial score (nSPS) is 24.6. The molecule has 0 aromatic carbocycles. The molecule has 1 aliphatic heterocycles. The van der Waals surface area contributed by atoms with Gasteiger partial charge >= 0.3 is 5.91 Å². The molecule has 2 atom stereocenters. The fraction of sp³-hybridized carbons (Fsp3) is 0.600. The zero-order valence-electron chi connectivity index (χ0n) is 9.10. The van der Waals surface area contributed by atoms with E-state index >= 15 is 0 Å². The Morgan fingerprint density at radius 1 is 1.81 bits per heavy atom. The lowest BCUT2D eigenvalue weighted by atomic mass is 10.2. The number of nitrogens with zero attached hydrogens (tertiary/aromatic N) is 1. The van der Waals surface area contributed by atoms with Crippen molar-refractivity contribution in [3.8, 4) is 0 Å². The predicted octanol–water partition coefficient (Wildman–Crippen LogP) is -0.219. The Morgan fingerprint density at radius 3 is 3.38 bits per heavy atom. The maximum Gasteiger partial charge on any atom is 0.307 e. The Hall–Kier alpha value is -1.40. The first-order valence-corrected chi connectivity index (χ1v) is 5.22. The third-order valence-corrected chi connectivity index (χ3v) is 2.55. The first-order valence-electron chi connectivity index (χ1n) is 5.22. The molecule has 0 aliphatic carbocycles. The Bertz CT molecular complexity index is 339. The van der Waals surface area contributed by atoms with Gasteiger partial charge in [0.05, 0.1) is 12.8 Å². The number of hydrogen-bond acceptors (Lipinski definition) is 5. The summed E-state index contributed by atoms with van der Waals surface area (Å²) in [5.74, 6) is -0.162. The lowest BCUT2D eigenvalue weighted by Crippen LogP contribution is -2.36. The summed E-state index contributed by atoms with van der Waals surface area (Å²) in [5.41, 5.74) is 0. The van der Waals surface area contributed by atoms with Crippen molar-refractivity contribution < 1.29 is 13.9 Å². The van der Waals surface area contributed by atoms with Gasteiger partial charge in [-0.25, -0.2) is 4.98 Å². The molecule has 2 N–H and O–H groups in total. The van der Waals surface area contributed by atoms with Crippen LogP contribution in [0.3, 0.4) is 0 Å². The van der Waals surface area contributed by atoms with Gasteiger partial charge in [-0.2, -0.15) is 0 Å². The highest BCUT2D eigenvalue weighted by atomic mass is 16.5. The molecule has 2 heterocycles. The van der Waals surface area contributed by atoms with Crippen molar-refractivity contribution in [1.82, 2.24) is 15.6 Å². The van der Waals surface area contributed by atoms with E-state index in [-0.39, 0.29) is 17.8 Å². The zero-order chi connectivity index (χ0) is 11.4. The van der Waals surface area contributed by atoms with Crippen LogP contribution in [0.5, 0.6) is 0 Å². The number of hydrogen-bond donors (Lipinski definition) is 2. The summed E-state index contributed by atoms with van der Waals surface area (Å²) in [7, 11) is 1.67. The van der Waals surface area contributed by atoms with E-state index in [1.807, 2.05) is 0 Å². The molecule has 88 valence electrons. The fourth-order valence-corrected chi connectivity index (χ4v) is 1.84. The van der Waals surface area contributed by atoms with Crippen molar-refractivity contribution in [2.24, 2.45) is 0 Å². The Kier molecular flexibility index (Phi) is 3.53. The second-order valence-corrected chi connectivity index (χ2v) is 3.80. The number of methoxy groups -OCH3 is 1. The van der Waals surface area contributed by atoms with Crippen LogP contribution in [0.25, 0.3) is 0 Å². The molecule has 0 radical (unpaired) electrons. The van der Waals surface area contributed by atoms with Crippen molar-refractivity contribution in [2.45, 2.75) is 18.5 Å². The van der Waals surface area contributed by atoms with Crippen molar-refractivity contribution in [3.63, 3.8) is 0 Å². The standard InChI is InChI=1S/C10H15N3O3/c1-15-6-8-4-7(5-12-8)13-9(14)10-11-2-3-16-10/h2-3,7-8,12H,4-6H2,1H3,(H,13,14)/t7-,8-/m1/s1. The predicted molar refractivity (Wildman–Crippen MR) is 56.0 cm³/mol. The average Bonchev–Trinajstić information content (AvgIpc) is 2.89. The zero-order valence-corrected chi connectivity index (χ0v) is 9.10. The number of carbonyl (C=O) groups excluding carboxylic acids is 1. The smallest absolute Gasteiger partial charge is 0.307 e. The molecule has 0 saturated carbocycles. The van der Waals surface area contributed by atoms with Gasteiger partial charge in [-0.3, -0.25) is 4.79 Å². The Morgan fingerprint density at radius 2 is 2.69 bits per heavy atom. The van der Waals surface area contributed by atoms with Gasteiger partial charge in [-0.1, -0.05) is 0 Å². The van der Waals surface area contributed by atoms with E-state index in [4.69, 9.17) is 9.15 Å². The molecule has 16 heavy (non-hydrogen) atoms. The second-order valence-electron chi connectivity index (χ2n) is 3.80. The summed E-state index contributed by atoms with van der Waals surface area (Å²) in [6.07, 6.45) is 3.70. The van der Waals surface area contributed by atoms with Gasteiger partial charge in [0.1, 0.15) is 6.26 Å². The Labute approximate surface area is 93.4 Å². The number of ether oxygens (including phenoxy) is 1. The summed E-state index contributed by atoms with van der Waals surface area (Å²) in [5, 5.41) is 6.12. The first-order chi connectivity index (χ1) is 7.79. The third-order valence-electron chi connectivity index (χ3n) is 2.55. The lowest BCUT2D eigenvalue weighted by molar-refractivity contribution is 0.0903. The highest BCUT2D eigenvalue weighted by Crippen LogP contribution is 2.07. The average molecular weight is 225 g/mol. The maximum atomic E-state index is 11.6. The van der Waals surface area contributed by atoms with Crippen LogP contribution in [0.2, 0.25) is 0 Å². The van der Waals surface area contributed by atoms with E-state index in [1.165, 1.54) is 12.5 Å². The van der Waals surface area contributed by atoms with Crippen LogP contribution in [0.4, 0.5) is 0 Å². The van der Waals surface area contributed by atoms with Crippen LogP contribution in [0.15, 0.2) is 16.9 Å². The number of carbonyl (C=O) groups is 1. The van der Waals surface area contributed by atoms with Gasteiger partial charge in [0, 0.05) is 25.7 Å². The SMILES string of the molecule is COC[C@H]1C[C@@H](NC(=O)c2ncco2)CN1. The fourth-order valence-electron chi connectivity index (χ4n) is 1.84. The number of oxazole rings is 1. The number of amides is 1. The molecule has 2 rings (SSSR count). The van der Waals surface area contributed by atoms with Gasteiger partial charge < -0.3 is 19.8 Å². The van der Waals surface area contributed by atoms with Crippen molar-refractivity contribution in [2.75, 3.05) is 20.3 Å². The minimum Gasteiger partial charge on any atom is -0.441 e. The molecule has 6 heteroatoms. The highest BCUT2D eigenvalue weighted by Gasteiger charge is 2.26. The maximum absolute atomic E-state index is 11.6. The largest absolute Gasteiger partial charge is 0.441 e. The molecule has 1 aliphatic rings. The molecular weight excluding hydrogens is 210 g/mol. The summed E-state index contributed by atoms with van der Waals surface area (Å²) in [6.45, 7) is 1.41. The van der Waals surface area contributed by atoms with Crippen molar-refractivity contribution in [3.05, 3.63) is 18.4 Å². The van der Waals surface area contributed by atoms with Crippen LogP contribution in [-0.2, 0) is 4.74 Å². The van der Waals surface area contributed by atoms with Crippen LogP contribution < -0.4 is 10.6 Å². The molecule has 0 spiro atoms. The molecule has 1 amide bonds. The molecule has 1 fully saturated rings. The monoisotopic (exact) mass is 225 g/mol. The molecule has 1 aromatic rings. The quantitative estimate of drug-likeness (QED) is 0.741. The molecule has 0 unspecified atom stereocenters. The molecular formula is C10H15N3O3. The minimum absolute atomic E-state index is 0.107. The summed E-state index contributed by atoms with van der Waals surface area (Å²) < 4.78 is 9.96. The topological polar surface area (TPSA) is 76.4 Å². The number of aromatic nitrogens is 1. The highest BCUT2D eigenvalue weighted by molar-refractivity contribution is 5.89. The second kappa shape index (κ2) is 5.09. The van der Waals surface area contributed by atoms with Crippen molar-refractivity contribution in [1.29, 1.82) is 0 Å². The van der Waals surface area contributed by atoms with Crippen LogP contribution in [-0.4, -0.2) is 43.2 Å². The molecule has 0 bridgehead atoms. The van der Waals surface area contributed by atoms with Gasteiger partial charge in [-0.15, -0.1) is 0 Å². The lowest BCUT2D eigenvalue weighted by Gasteiger charge is -2.10. The minimum atomic E-state index is -0.269. The molecule has 1 saturated heterocycles. The van der Waals surface area contributed by atoms with E-state index in [9.17, 15) is 4.79 Å². The Balaban J connectivity index is 1.81. The van der Waals surface area contributed by atoms with E-state index in [1.54, 1.807) is 7.11 Å². The number of nitrogens with one attached hydrogen (secondary N) is 2. The van der Waals surface area contributed by atoms with Gasteiger partial charge in [0.2, 0.25) is 0 Å². The van der Waals surface area contributed by atoms with E-state index < -0.39 is 0 Å². The van der Waals surface area contributed by atoms with Crippen molar-refractivity contribution >= 4 is 5.91 Å². The van der Waals surface area contributed by atoms with E-state index in [2.05, 4.69) is 15.6 Å².